The minimum absolute atomic E-state index is 0.0234. The van der Waals surface area contributed by atoms with Gasteiger partial charge in [-0.1, -0.05) is 0 Å². The second-order valence-electron chi connectivity index (χ2n) is 4.66. The van der Waals surface area contributed by atoms with E-state index in [-0.39, 0.29) is 24.6 Å². The molecule has 0 atom stereocenters. The average Bonchev–Trinajstić information content (AvgIpc) is 2.37. The molecule has 0 aliphatic carbocycles. The summed E-state index contributed by atoms with van der Waals surface area (Å²) in [7, 11) is 0. The SMILES string of the molecule is CC(C)N(CCC(=O)O)C(=O)c1ccc([N+](=O)[O-])c(F)c1. The van der Waals surface area contributed by atoms with Gasteiger partial charge in [0, 0.05) is 24.2 Å². The summed E-state index contributed by atoms with van der Waals surface area (Å²) in [5.74, 6) is -2.73. The highest BCUT2D eigenvalue weighted by atomic mass is 19.1. The summed E-state index contributed by atoms with van der Waals surface area (Å²) in [5.41, 5.74) is -0.773. The van der Waals surface area contributed by atoms with Crippen molar-refractivity contribution in [1.82, 2.24) is 4.90 Å². The molecule has 0 aliphatic rings. The first-order chi connectivity index (χ1) is 9.73. The third-order valence-corrected chi connectivity index (χ3v) is 2.84. The molecule has 0 saturated carbocycles. The second-order valence-corrected chi connectivity index (χ2v) is 4.66. The molecule has 1 aromatic rings. The Morgan fingerprint density at radius 2 is 2.05 bits per heavy atom. The molecule has 114 valence electrons. The molecule has 1 amide bonds. The van der Waals surface area contributed by atoms with E-state index in [0.717, 1.165) is 18.2 Å². The normalized spacial score (nSPS) is 10.5. The number of nitro groups is 1. The lowest BCUT2D eigenvalue weighted by atomic mass is 10.1. The van der Waals surface area contributed by atoms with Gasteiger partial charge in [-0.2, -0.15) is 4.39 Å². The van der Waals surface area contributed by atoms with Crippen LogP contribution in [0.1, 0.15) is 30.6 Å². The van der Waals surface area contributed by atoms with E-state index >= 15 is 0 Å². The largest absolute Gasteiger partial charge is 0.481 e. The smallest absolute Gasteiger partial charge is 0.305 e. The van der Waals surface area contributed by atoms with Crippen molar-refractivity contribution in [1.29, 1.82) is 0 Å². The van der Waals surface area contributed by atoms with Gasteiger partial charge in [-0.15, -0.1) is 0 Å². The number of aliphatic carboxylic acids is 1. The summed E-state index contributed by atoms with van der Waals surface area (Å²) in [6.07, 6.45) is -0.237. The number of carboxylic acids is 1. The first-order valence-electron chi connectivity index (χ1n) is 6.20. The van der Waals surface area contributed by atoms with Crippen molar-refractivity contribution in [2.24, 2.45) is 0 Å². The molecule has 0 spiro atoms. The first kappa shape index (κ1) is 16.5. The monoisotopic (exact) mass is 298 g/mol. The fourth-order valence-electron chi connectivity index (χ4n) is 1.76. The Hall–Kier alpha value is -2.51. The first-order valence-corrected chi connectivity index (χ1v) is 6.20. The Kier molecular flexibility index (Phi) is 5.34. The zero-order chi connectivity index (χ0) is 16.2. The van der Waals surface area contributed by atoms with Gasteiger partial charge in [0.1, 0.15) is 0 Å². The van der Waals surface area contributed by atoms with Crippen molar-refractivity contribution >= 4 is 17.6 Å². The summed E-state index contributed by atoms with van der Waals surface area (Å²) < 4.78 is 13.5. The van der Waals surface area contributed by atoms with Crippen LogP contribution >= 0.6 is 0 Å². The number of hydrogen-bond acceptors (Lipinski definition) is 4. The van der Waals surface area contributed by atoms with Crippen LogP contribution in [-0.2, 0) is 4.79 Å². The number of halogens is 1. The topological polar surface area (TPSA) is 101 Å². The van der Waals surface area contributed by atoms with Gasteiger partial charge >= 0.3 is 11.7 Å². The molecule has 8 heteroatoms. The molecule has 0 radical (unpaired) electrons. The highest BCUT2D eigenvalue weighted by molar-refractivity contribution is 5.94. The van der Waals surface area contributed by atoms with E-state index < -0.39 is 28.3 Å². The van der Waals surface area contributed by atoms with Crippen LogP contribution in [0.2, 0.25) is 0 Å². The van der Waals surface area contributed by atoms with Gasteiger partial charge < -0.3 is 10.0 Å². The lowest BCUT2D eigenvalue weighted by Gasteiger charge is -2.26. The molecular weight excluding hydrogens is 283 g/mol. The zero-order valence-electron chi connectivity index (χ0n) is 11.6. The van der Waals surface area contributed by atoms with E-state index in [1.165, 1.54) is 4.90 Å². The maximum Gasteiger partial charge on any atom is 0.305 e. The van der Waals surface area contributed by atoms with Crippen LogP contribution in [-0.4, -0.2) is 39.4 Å². The third-order valence-electron chi connectivity index (χ3n) is 2.84. The highest BCUT2D eigenvalue weighted by Gasteiger charge is 2.22. The van der Waals surface area contributed by atoms with Crippen molar-refractivity contribution in [3.8, 4) is 0 Å². The van der Waals surface area contributed by atoms with E-state index in [4.69, 9.17) is 5.11 Å². The number of benzene rings is 1. The molecule has 21 heavy (non-hydrogen) atoms. The van der Waals surface area contributed by atoms with E-state index in [1.807, 2.05) is 0 Å². The van der Waals surface area contributed by atoms with Gasteiger partial charge in [-0.25, -0.2) is 0 Å². The van der Waals surface area contributed by atoms with Crippen molar-refractivity contribution in [2.45, 2.75) is 26.3 Å². The minimum Gasteiger partial charge on any atom is -0.481 e. The fourth-order valence-corrected chi connectivity index (χ4v) is 1.76. The number of nitro benzene ring substituents is 1. The molecule has 0 aliphatic heterocycles. The molecule has 0 bridgehead atoms. The molecule has 0 fully saturated rings. The van der Waals surface area contributed by atoms with Crippen LogP contribution in [0.4, 0.5) is 10.1 Å². The Morgan fingerprint density at radius 3 is 2.48 bits per heavy atom. The van der Waals surface area contributed by atoms with Crippen LogP contribution < -0.4 is 0 Å². The quantitative estimate of drug-likeness (QED) is 0.640. The lowest BCUT2D eigenvalue weighted by Crippen LogP contribution is -2.38. The van der Waals surface area contributed by atoms with Crippen molar-refractivity contribution in [2.75, 3.05) is 6.54 Å². The Balaban J connectivity index is 3.01. The zero-order valence-corrected chi connectivity index (χ0v) is 11.6. The van der Waals surface area contributed by atoms with Crippen LogP contribution in [0.25, 0.3) is 0 Å². The number of nitrogens with zero attached hydrogens (tertiary/aromatic N) is 2. The van der Waals surface area contributed by atoms with Crippen LogP contribution in [0.15, 0.2) is 18.2 Å². The van der Waals surface area contributed by atoms with Gasteiger partial charge in [-0.3, -0.25) is 19.7 Å². The van der Waals surface area contributed by atoms with Crippen molar-refractivity contribution in [3.05, 3.63) is 39.7 Å². The van der Waals surface area contributed by atoms with Gasteiger partial charge in [-0.05, 0) is 26.0 Å². The van der Waals surface area contributed by atoms with E-state index in [1.54, 1.807) is 13.8 Å². The van der Waals surface area contributed by atoms with Crippen LogP contribution in [0.3, 0.4) is 0 Å². The third kappa shape index (κ3) is 4.23. The average molecular weight is 298 g/mol. The van der Waals surface area contributed by atoms with Crippen molar-refractivity contribution in [3.63, 3.8) is 0 Å². The van der Waals surface area contributed by atoms with Crippen LogP contribution in [0, 0.1) is 15.9 Å². The predicted octanol–water partition coefficient (Wildman–Crippen LogP) is 2.06. The molecule has 0 aromatic heterocycles. The Morgan fingerprint density at radius 1 is 1.43 bits per heavy atom. The summed E-state index contributed by atoms with van der Waals surface area (Å²) in [6, 6.07) is 2.57. The summed E-state index contributed by atoms with van der Waals surface area (Å²) in [4.78, 5) is 33.7. The molecule has 1 aromatic carbocycles. The number of carbonyl (C=O) groups is 2. The van der Waals surface area contributed by atoms with Gasteiger partial charge in [0.05, 0.1) is 11.3 Å². The highest BCUT2D eigenvalue weighted by Crippen LogP contribution is 2.19. The molecule has 0 saturated heterocycles. The van der Waals surface area contributed by atoms with Crippen molar-refractivity contribution < 1.29 is 24.0 Å². The standard InChI is InChI=1S/C13H15FN2O5/c1-8(2)15(6-5-12(17)18)13(19)9-3-4-11(16(20)21)10(14)7-9/h3-4,7-8H,5-6H2,1-2H3,(H,17,18). The molecule has 0 unspecified atom stereocenters. The molecule has 1 rings (SSSR count). The van der Waals surface area contributed by atoms with E-state index in [0.29, 0.717) is 0 Å². The summed E-state index contributed by atoms with van der Waals surface area (Å²) in [6.45, 7) is 3.37. The maximum absolute atomic E-state index is 13.5. The Labute approximate surface area is 120 Å². The fraction of sp³-hybridized carbons (Fsp3) is 0.385. The number of rotatable bonds is 6. The molecular formula is C13H15FN2O5. The van der Waals surface area contributed by atoms with E-state index in [9.17, 15) is 24.1 Å². The molecule has 0 heterocycles. The van der Waals surface area contributed by atoms with Gasteiger partial charge in [0.25, 0.3) is 5.91 Å². The number of carbonyl (C=O) groups excluding carboxylic acids is 1. The minimum atomic E-state index is -1.10. The van der Waals surface area contributed by atoms with Gasteiger partial charge in [0.2, 0.25) is 5.82 Å². The summed E-state index contributed by atoms with van der Waals surface area (Å²) >= 11 is 0. The van der Waals surface area contributed by atoms with E-state index in [2.05, 4.69) is 0 Å². The number of carboxylic acid groups (broad SMARTS) is 1. The lowest BCUT2D eigenvalue weighted by molar-refractivity contribution is -0.387. The maximum atomic E-state index is 13.5. The summed E-state index contributed by atoms with van der Waals surface area (Å²) in [5, 5.41) is 19.2. The molecule has 7 nitrogen and oxygen atoms in total. The van der Waals surface area contributed by atoms with Crippen LogP contribution in [0.5, 0.6) is 0 Å². The number of hydrogen-bond donors (Lipinski definition) is 1. The molecule has 1 N–H and O–H groups in total. The number of amides is 1. The second kappa shape index (κ2) is 6.78. The predicted molar refractivity (Wildman–Crippen MR) is 71.5 cm³/mol. The van der Waals surface area contributed by atoms with Gasteiger partial charge in [0.15, 0.2) is 0 Å². The Bertz CT molecular complexity index is 574.